The first-order valence-electron chi connectivity index (χ1n) is 1.39. The summed E-state index contributed by atoms with van der Waals surface area (Å²) < 4.78 is 77.2. The monoisotopic (exact) mass is 699 g/mol. The number of rotatable bonds is 0. The van der Waals surface area contributed by atoms with Crippen LogP contribution in [0.15, 0.2) is 0 Å². The third-order valence-electron chi connectivity index (χ3n) is 0. The van der Waals surface area contributed by atoms with E-state index in [1.54, 1.807) is 0 Å². The van der Waals surface area contributed by atoms with Gasteiger partial charge in [-0.15, -0.1) is 0 Å². The predicted octanol–water partition coefficient (Wildman–Crippen LogP) is -19.7. The molecule has 0 saturated carbocycles. The maximum Gasteiger partial charge on any atom is 2.00 e. The van der Waals surface area contributed by atoms with Crippen LogP contribution in [-0.2, 0) is 0 Å². The third-order valence-corrected chi connectivity index (χ3v) is 0. The molecule has 0 aromatic carbocycles. The molecule has 0 rings (SSSR count). The summed E-state index contributed by atoms with van der Waals surface area (Å²) in [6.45, 7) is 0. The van der Waals surface area contributed by atoms with Gasteiger partial charge in [-0.2, -0.15) is 0 Å². The van der Waals surface area contributed by atoms with Crippen molar-refractivity contribution in [1.29, 1.82) is 0 Å². The Balaban J connectivity index is -0.0000000450. The van der Waals surface area contributed by atoms with Gasteiger partial charge in [-0.05, 0) is 0 Å². The standard InChI is InChI=1S/3IO3.Yb/c3*2-1(3)4;/q3*-1;+2. The van der Waals surface area contributed by atoms with Gasteiger partial charge in [0.15, 0.2) is 0 Å². The largest absolute Gasteiger partial charge is 2.00 e. The molecule has 0 aromatic rings. The first-order valence-corrected chi connectivity index (χ1v) is 9.32. The van der Waals surface area contributed by atoms with E-state index in [1.807, 2.05) is 0 Å². The van der Waals surface area contributed by atoms with E-state index in [-0.39, 0.29) is 46.9 Å². The van der Waals surface area contributed by atoms with Gasteiger partial charge in [-0.25, -0.2) is 0 Å². The fourth-order valence-corrected chi connectivity index (χ4v) is 0. The van der Waals surface area contributed by atoms with E-state index in [4.69, 9.17) is 30.9 Å². The van der Waals surface area contributed by atoms with Crippen LogP contribution in [0.3, 0.4) is 0 Å². The molecule has 0 bridgehead atoms. The average molecular weight is 698 g/mol. The summed E-state index contributed by atoms with van der Waals surface area (Å²) in [6.07, 6.45) is 0. The van der Waals surface area contributed by atoms with Crippen molar-refractivity contribution in [2.75, 3.05) is 0 Å². The van der Waals surface area contributed by atoms with Crippen LogP contribution in [0, 0.1) is 46.9 Å². The molecule has 9 nitrogen and oxygen atoms in total. The van der Waals surface area contributed by atoms with Crippen LogP contribution in [0.2, 0.25) is 0 Å². The van der Waals surface area contributed by atoms with E-state index in [1.165, 1.54) is 0 Å². The Labute approximate surface area is 138 Å². The Morgan fingerprint density at radius 2 is 0.385 bits per heavy atom. The van der Waals surface area contributed by atoms with Crippen LogP contribution in [0.1, 0.15) is 0 Å². The van der Waals surface area contributed by atoms with Gasteiger partial charge in [0.05, 0.1) is 0 Å². The molecule has 0 heterocycles. The molecular weight excluding hydrogens is 698 g/mol. The van der Waals surface area contributed by atoms with Crippen molar-refractivity contribution in [2.24, 2.45) is 0 Å². The number of hydrogen-bond donors (Lipinski definition) is 0. The van der Waals surface area contributed by atoms with Crippen molar-refractivity contribution in [3.63, 3.8) is 0 Å². The van der Waals surface area contributed by atoms with E-state index in [0.29, 0.717) is 0 Å². The van der Waals surface area contributed by atoms with Crippen molar-refractivity contribution in [2.45, 2.75) is 0 Å². The molecule has 0 aliphatic rings. The minimum absolute atomic E-state index is 0. The number of halogens is 3. The van der Waals surface area contributed by atoms with Crippen LogP contribution >= 0.6 is 0 Å². The Hall–Kier alpha value is 3.35. The molecule has 0 amide bonds. The summed E-state index contributed by atoms with van der Waals surface area (Å²) >= 11 is -12.0. The zero-order chi connectivity index (χ0) is 10.7. The fourth-order valence-electron chi connectivity index (χ4n) is 0. The van der Waals surface area contributed by atoms with Crippen molar-refractivity contribution in [3.05, 3.63) is 0 Å². The molecule has 13 heteroatoms. The average Bonchev–Trinajstić information content (AvgIpc) is 1.54. The Morgan fingerprint density at radius 1 is 0.385 bits per heavy atom. The SMILES string of the molecule is [O-][I+2]([O-])[O-].[O-][I+2]([O-])[O-].[O-][I+2]([O-])[O-].[Yb+2]. The smallest absolute Gasteiger partial charge is 0.427 e. The van der Waals surface area contributed by atoms with E-state index in [9.17, 15) is 0 Å². The Bertz CT molecular complexity index is 43.4. The Morgan fingerprint density at radius 3 is 0.385 bits per heavy atom. The molecule has 13 heavy (non-hydrogen) atoms. The van der Waals surface area contributed by atoms with Crippen molar-refractivity contribution in [1.82, 2.24) is 0 Å². The van der Waals surface area contributed by atoms with E-state index in [0.717, 1.165) is 0 Å². The van der Waals surface area contributed by atoms with E-state index < -0.39 is 63.2 Å². The summed E-state index contributed by atoms with van der Waals surface area (Å²) in [7, 11) is 0. The summed E-state index contributed by atoms with van der Waals surface area (Å²) in [5, 5.41) is 0. The molecule has 0 spiro atoms. The third kappa shape index (κ3) is 244. The van der Waals surface area contributed by atoms with Gasteiger partial charge in [0.25, 0.3) is 63.2 Å². The summed E-state index contributed by atoms with van der Waals surface area (Å²) in [4.78, 5) is 0. The van der Waals surface area contributed by atoms with E-state index >= 15 is 0 Å². The van der Waals surface area contributed by atoms with Crippen molar-refractivity contribution >= 4 is 0 Å². The van der Waals surface area contributed by atoms with Gasteiger partial charge in [0, 0.05) is 0 Å². The topological polar surface area (TPSA) is 208 Å². The second kappa shape index (κ2) is 20.7. The van der Waals surface area contributed by atoms with Gasteiger partial charge in [0.1, 0.15) is 0 Å². The summed E-state index contributed by atoms with van der Waals surface area (Å²) in [6, 6.07) is 0. The van der Waals surface area contributed by atoms with Gasteiger partial charge in [-0.1, -0.05) is 0 Å². The normalized spacial score (nSPS) is 8.31. The van der Waals surface area contributed by atoms with Crippen LogP contribution in [-0.4, -0.2) is 0 Å². The molecular formula is I3O9Yb-. The van der Waals surface area contributed by atoms with Crippen LogP contribution in [0.25, 0.3) is 0 Å². The first kappa shape index (κ1) is 25.3. The van der Waals surface area contributed by atoms with Crippen molar-refractivity contribution < 1.29 is 141 Å². The quantitative estimate of drug-likeness (QED) is 0.220. The van der Waals surface area contributed by atoms with Crippen molar-refractivity contribution in [3.8, 4) is 0 Å². The molecule has 0 aliphatic heterocycles. The van der Waals surface area contributed by atoms with Crippen LogP contribution in [0.4, 0.5) is 0 Å². The van der Waals surface area contributed by atoms with E-state index in [2.05, 4.69) is 0 Å². The molecule has 0 aromatic heterocycles. The zero-order valence-electron chi connectivity index (χ0n) is 5.08. The second-order valence-corrected chi connectivity index (χ2v) is 3.80. The maximum atomic E-state index is 8.57. The second-order valence-electron chi connectivity index (χ2n) is 0.567. The summed E-state index contributed by atoms with van der Waals surface area (Å²) in [5.41, 5.74) is 0. The fraction of sp³-hybridized carbons (Fsp3) is 0. The Kier molecular flexibility index (Phi) is 40.3. The minimum Gasteiger partial charge on any atom is -0.427 e. The van der Waals surface area contributed by atoms with Crippen LogP contribution < -0.4 is 94.1 Å². The van der Waals surface area contributed by atoms with Crippen LogP contribution in [0.5, 0.6) is 0 Å². The van der Waals surface area contributed by atoms with Gasteiger partial charge in [0.2, 0.25) is 0 Å². The first-order chi connectivity index (χ1) is 5.20. The number of hydrogen-bond acceptors (Lipinski definition) is 9. The zero-order valence-corrected chi connectivity index (χ0v) is 13.3. The summed E-state index contributed by atoms with van der Waals surface area (Å²) in [5.74, 6) is 0. The van der Waals surface area contributed by atoms with Gasteiger partial charge < -0.3 is 30.9 Å². The molecule has 0 aliphatic carbocycles. The predicted molar refractivity (Wildman–Crippen MR) is 0 cm³/mol. The van der Waals surface area contributed by atoms with Gasteiger partial charge >= 0.3 is 46.9 Å². The van der Waals surface area contributed by atoms with Gasteiger partial charge in [-0.3, -0.25) is 0 Å². The molecule has 0 N–H and O–H groups in total. The molecule has 90 valence electrons. The molecule has 0 unspecified atom stereocenters. The molecule has 0 fully saturated rings. The minimum atomic E-state index is -4.01. The maximum absolute atomic E-state index is 8.57. The molecule has 0 saturated heterocycles. The molecule has 0 radical (unpaired) electrons. The molecule has 0 atom stereocenters.